The van der Waals surface area contributed by atoms with Crippen molar-refractivity contribution in [1.29, 1.82) is 0 Å². The first-order valence-electron chi connectivity index (χ1n) is 9.05. The molecule has 1 aliphatic rings. The highest BCUT2D eigenvalue weighted by molar-refractivity contribution is 7.98. The van der Waals surface area contributed by atoms with Gasteiger partial charge in [0.2, 0.25) is 5.88 Å². The lowest BCUT2D eigenvalue weighted by Crippen LogP contribution is -2.30. The monoisotopic (exact) mass is 472 g/mol. The number of nitrogens with zero attached hydrogens (tertiary/aromatic N) is 5. The van der Waals surface area contributed by atoms with Gasteiger partial charge in [-0.1, -0.05) is 11.6 Å². The third-order valence-corrected chi connectivity index (χ3v) is 5.79. The summed E-state index contributed by atoms with van der Waals surface area (Å²) in [6.07, 6.45) is 0.638. The Kier molecular flexibility index (Phi) is 5.60. The molecule has 3 aromatic heterocycles. The molecule has 8 nitrogen and oxygen atoms in total. The molecule has 1 amide bonds. The van der Waals surface area contributed by atoms with Gasteiger partial charge in [-0.15, -0.1) is 5.10 Å². The smallest absolute Gasteiger partial charge is 0.397 e. The normalized spacial score (nSPS) is 15.0. The van der Waals surface area contributed by atoms with Gasteiger partial charge in [-0.05, 0) is 36.9 Å². The van der Waals surface area contributed by atoms with Gasteiger partial charge in [-0.25, -0.2) is 9.67 Å². The fraction of sp³-hybridized carbons (Fsp3) is 0.333. The van der Waals surface area contributed by atoms with Crippen LogP contribution in [-0.2, 0) is 7.05 Å². The molecule has 1 aliphatic carbocycles. The second kappa shape index (κ2) is 8.08. The summed E-state index contributed by atoms with van der Waals surface area (Å²) in [4.78, 5) is 17.2. The zero-order valence-corrected chi connectivity index (χ0v) is 17.6. The van der Waals surface area contributed by atoms with Crippen LogP contribution in [0.4, 0.5) is 13.2 Å². The first kappa shape index (κ1) is 21.5. The van der Waals surface area contributed by atoms with Crippen molar-refractivity contribution in [3.63, 3.8) is 0 Å². The molecule has 0 spiro atoms. The molecular formula is C18H16ClF3N6O2S. The molecule has 1 fully saturated rings. The van der Waals surface area contributed by atoms with E-state index in [9.17, 15) is 18.0 Å². The highest BCUT2D eigenvalue weighted by Gasteiger charge is 2.64. The van der Waals surface area contributed by atoms with Crippen LogP contribution in [-0.4, -0.2) is 43.2 Å². The van der Waals surface area contributed by atoms with Crippen molar-refractivity contribution < 1.29 is 22.7 Å². The van der Waals surface area contributed by atoms with Gasteiger partial charge in [0.25, 0.3) is 5.91 Å². The number of ether oxygens (including phenoxy) is 1. The van der Waals surface area contributed by atoms with Crippen molar-refractivity contribution >= 4 is 29.5 Å². The number of hydrogen-bond donors (Lipinski definition) is 1. The summed E-state index contributed by atoms with van der Waals surface area (Å²) < 4.78 is 49.8. The molecule has 3 heterocycles. The van der Waals surface area contributed by atoms with Gasteiger partial charge in [0.05, 0.1) is 16.7 Å². The summed E-state index contributed by atoms with van der Waals surface area (Å²) in [5, 5.41) is 8.04. The average Bonchev–Trinajstić information content (AvgIpc) is 3.19. The van der Waals surface area contributed by atoms with Crippen LogP contribution in [0.25, 0.3) is 5.82 Å². The largest absolute Gasteiger partial charge is 0.476 e. The van der Waals surface area contributed by atoms with E-state index in [1.807, 2.05) is 0 Å². The Labute approximate surface area is 183 Å². The van der Waals surface area contributed by atoms with Crippen LogP contribution in [0.3, 0.4) is 0 Å². The zero-order chi connectivity index (χ0) is 22.2. The van der Waals surface area contributed by atoms with Crippen molar-refractivity contribution in [3.8, 4) is 11.7 Å². The van der Waals surface area contributed by atoms with Crippen LogP contribution in [0.1, 0.15) is 23.2 Å². The van der Waals surface area contributed by atoms with Gasteiger partial charge in [0.1, 0.15) is 17.2 Å². The minimum Gasteiger partial charge on any atom is -0.476 e. The van der Waals surface area contributed by atoms with Gasteiger partial charge in [0.15, 0.2) is 5.82 Å². The number of amides is 1. The fourth-order valence-electron chi connectivity index (χ4n) is 2.72. The van der Waals surface area contributed by atoms with E-state index in [-0.39, 0.29) is 35.3 Å². The topological polar surface area (TPSA) is 86.9 Å². The molecule has 1 saturated carbocycles. The van der Waals surface area contributed by atoms with E-state index in [1.54, 1.807) is 24.1 Å². The highest BCUT2D eigenvalue weighted by Crippen LogP contribution is 2.57. The van der Waals surface area contributed by atoms with E-state index < -0.39 is 24.1 Å². The fourth-order valence-corrected chi connectivity index (χ4v) is 3.58. The second-order valence-corrected chi connectivity index (χ2v) is 8.29. The van der Waals surface area contributed by atoms with Crippen molar-refractivity contribution in [3.05, 3.63) is 47.5 Å². The van der Waals surface area contributed by atoms with Crippen LogP contribution in [0.2, 0.25) is 5.15 Å². The van der Waals surface area contributed by atoms with Gasteiger partial charge >= 0.3 is 6.18 Å². The maximum absolute atomic E-state index is 13.0. The third-order valence-electron chi connectivity index (χ3n) is 4.77. The van der Waals surface area contributed by atoms with E-state index >= 15 is 0 Å². The average molecular weight is 473 g/mol. The van der Waals surface area contributed by atoms with E-state index in [0.717, 1.165) is 16.8 Å². The molecule has 0 aromatic carbocycles. The zero-order valence-electron chi connectivity index (χ0n) is 16.1. The Bertz CT molecular complexity index is 1110. The first-order chi connectivity index (χ1) is 14.7. The lowest BCUT2D eigenvalue weighted by molar-refractivity contribution is -0.194. The SMILES string of the molecule is Cn1cc(SNC(=O)c2ccc(-n3ccc(OCC4(C(F)(F)F)CC4)n3)nc2Cl)cn1. The number of carbonyl (C=O) groups excluding carboxylic acids is 1. The summed E-state index contributed by atoms with van der Waals surface area (Å²) in [7, 11) is 1.76. The molecular weight excluding hydrogens is 457 g/mol. The van der Waals surface area contributed by atoms with E-state index in [2.05, 4.69) is 19.9 Å². The van der Waals surface area contributed by atoms with Crippen molar-refractivity contribution in [2.75, 3.05) is 6.61 Å². The predicted molar refractivity (Wildman–Crippen MR) is 106 cm³/mol. The molecule has 0 atom stereocenters. The molecule has 0 radical (unpaired) electrons. The van der Waals surface area contributed by atoms with Crippen LogP contribution >= 0.6 is 23.5 Å². The van der Waals surface area contributed by atoms with Crippen molar-refractivity contribution in [2.45, 2.75) is 23.9 Å². The van der Waals surface area contributed by atoms with Crippen molar-refractivity contribution in [1.82, 2.24) is 29.3 Å². The Balaban J connectivity index is 1.39. The molecule has 3 aromatic rings. The number of hydrogen-bond acceptors (Lipinski definition) is 6. The molecule has 0 saturated heterocycles. The van der Waals surface area contributed by atoms with Gasteiger partial charge in [-0.2, -0.15) is 18.3 Å². The number of pyridine rings is 1. The lowest BCUT2D eigenvalue weighted by Gasteiger charge is -2.18. The molecule has 31 heavy (non-hydrogen) atoms. The van der Waals surface area contributed by atoms with E-state index in [4.69, 9.17) is 16.3 Å². The number of nitrogens with one attached hydrogen (secondary N) is 1. The number of halogens is 4. The quantitative estimate of drug-likeness (QED) is 0.415. The molecule has 0 aliphatic heterocycles. The number of rotatable bonds is 7. The maximum Gasteiger partial charge on any atom is 0.397 e. The highest BCUT2D eigenvalue weighted by atomic mass is 35.5. The molecule has 0 bridgehead atoms. The number of aryl methyl sites for hydroxylation is 1. The Morgan fingerprint density at radius 3 is 2.74 bits per heavy atom. The standard InChI is InChI=1S/C18H16ClF3N6O2S/c1-27-9-11(8-23-27)31-26-16(29)12-2-3-13(24-15(12)19)28-7-4-14(25-28)30-10-17(5-6-17)18(20,21)22/h2-4,7-9H,5-6,10H2,1H3,(H,26,29). The Hall–Kier alpha value is -2.73. The first-order valence-corrected chi connectivity index (χ1v) is 10.2. The number of alkyl halides is 3. The third kappa shape index (κ3) is 4.64. The maximum atomic E-state index is 13.0. The van der Waals surface area contributed by atoms with E-state index in [0.29, 0.717) is 0 Å². The van der Waals surface area contributed by atoms with Crippen LogP contribution in [0.15, 0.2) is 41.7 Å². The van der Waals surface area contributed by atoms with Gasteiger partial charge in [0, 0.05) is 25.5 Å². The molecule has 13 heteroatoms. The number of carbonyl (C=O) groups is 1. The van der Waals surface area contributed by atoms with Crippen LogP contribution in [0.5, 0.6) is 5.88 Å². The molecule has 1 N–H and O–H groups in total. The minimum atomic E-state index is -4.30. The summed E-state index contributed by atoms with van der Waals surface area (Å²) in [5.41, 5.74) is -1.62. The Morgan fingerprint density at radius 2 is 2.13 bits per heavy atom. The lowest BCUT2D eigenvalue weighted by atomic mass is 10.1. The summed E-state index contributed by atoms with van der Waals surface area (Å²) in [6.45, 7) is -0.477. The van der Waals surface area contributed by atoms with Gasteiger partial charge < -0.3 is 4.74 Å². The summed E-state index contributed by atoms with van der Waals surface area (Å²) in [6, 6.07) is 4.44. The molecule has 4 rings (SSSR count). The van der Waals surface area contributed by atoms with E-state index in [1.165, 1.54) is 29.1 Å². The van der Waals surface area contributed by atoms with Crippen LogP contribution in [0, 0.1) is 5.41 Å². The number of aromatic nitrogens is 5. The molecule has 164 valence electrons. The minimum absolute atomic E-state index is 0.0446. The second-order valence-electron chi connectivity index (χ2n) is 7.06. The van der Waals surface area contributed by atoms with Crippen LogP contribution < -0.4 is 9.46 Å². The van der Waals surface area contributed by atoms with Crippen molar-refractivity contribution in [2.24, 2.45) is 12.5 Å². The molecule has 0 unspecified atom stereocenters. The summed E-state index contributed by atoms with van der Waals surface area (Å²) in [5.74, 6) is -0.110. The predicted octanol–water partition coefficient (Wildman–Crippen LogP) is 3.81. The van der Waals surface area contributed by atoms with Gasteiger partial charge in [-0.3, -0.25) is 14.2 Å². The summed E-state index contributed by atoms with van der Waals surface area (Å²) >= 11 is 7.24. The Morgan fingerprint density at radius 1 is 1.35 bits per heavy atom.